The second kappa shape index (κ2) is 10.4. The van der Waals surface area contributed by atoms with Gasteiger partial charge in [0.1, 0.15) is 5.75 Å². The van der Waals surface area contributed by atoms with Crippen molar-refractivity contribution in [3.63, 3.8) is 0 Å². The highest BCUT2D eigenvalue weighted by Crippen LogP contribution is 2.18. The highest BCUT2D eigenvalue weighted by molar-refractivity contribution is 6.01. The summed E-state index contributed by atoms with van der Waals surface area (Å²) in [6.45, 7) is 5.12. The van der Waals surface area contributed by atoms with Crippen molar-refractivity contribution in [2.75, 3.05) is 19.0 Å². The maximum atomic E-state index is 12.4. The van der Waals surface area contributed by atoms with Gasteiger partial charge in [-0.3, -0.25) is 9.59 Å². The summed E-state index contributed by atoms with van der Waals surface area (Å²) in [5.74, 6) is -0.537. The Bertz CT molecular complexity index is 885. The molecule has 0 aromatic heterocycles. The minimum Gasteiger partial charge on any atom is -0.497 e. The van der Waals surface area contributed by atoms with Gasteiger partial charge in [-0.05, 0) is 57.0 Å². The Balaban J connectivity index is 1.92. The van der Waals surface area contributed by atoms with Gasteiger partial charge in [0, 0.05) is 12.0 Å². The second-order valence-electron chi connectivity index (χ2n) is 7.82. The summed E-state index contributed by atoms with van der Waals surface area (Å²) in [6.07, 6.45) is 0.805. The van der Waals surface area contributed by atoms with Gasteiger partial charge in [0.15, 0.2) is 6.61 Å². The molecule has 7 nitrogen and oxygen atoms in total. The lowest BCUT2D eigenvalue weighted by atomic mass is 10.1. The number of anilines is 1. The molecule has 0 atom stereocenters. The van der Waals surface area contributed by atoms with E-state index >= 15 is 0 Å². The lowest BCUT2D eigenvalue weighted by molar-refractivity contribution is -0.125. The smallest absolute Gasteiger partial charge is 0.340 e. The van der Waals surface area contributed by atoms with Gasteiger partial charge in [0.05, 0.1) is 18.4 Å². The largest absolute Gasteiger partial charge is 0.497 e. The molecular weight excluding hydrogens is 384 g/mol. The molecule has 30 heavy (non-hydrogen) atoms. The van der Waals surface area contributed by atoms with Crippen molar-refractivity contribution >= 4 is 23.5 Å². The van der Waals surface area contributed by atoms with E-state index in [0.717, 1.165) is 11.3 Å². The zero-order chi connectivity index (χ0) is 22.1. The van der Waals surface area contributed by atoms with E-state index in [4.69, 9.17) is 9.47 Å². The number of para-hydroxylation sites is 1. The SMILES string of the molecule is COc1ccc(CCC(=O)Nc2ccccc2C(=O)OCC(=O)NC(C)(C)C)cc1. The first-order valence-corrected chi connectivity index (χ1v) is 9.68. The van der Waals surface area contributed by atoms with Crippen LogP contribution in [0.5, 0.6) is 5.75 Å². The molecule has 7 heteroatoms. The molecule has 2 N–H and O–H groups in total. The number of hydrogen-bond donors (Lipinski definition) is 2. The Hall–Kier alpha value is -3.35. The fourth-order valence-electron chi connectivity index (χ4n) is 2.70. The van der Waals surface area contributed by atoms with Crippen LogP contribution in [0.2, 0.25) is 0 Å². The van der Waals surface area contributed by atoms with Crippen LogP contribution in [0.15, 0.2) is 48.5 Å². The number of ether oxygens (including phenoxy) is 2. The summed E-state index contributed by atoms with van der Waals surface area (Å²) < 4.78 is 10.2. The summed E-state index contributed by atoms with van der Waals surface area (Å²) in [6, 6.07) is 14.0. The van der Waals surface area contributed by atoms with Crippen LogP contribution in [0.1, 0.15) is 43.1 Å². The van der Waals surface area contributed by atoms with Crippen LogP contribution in [-0.2, 0) is 20.7 Å². The van der Waals surface area contributed by atoms with Gasteiger partial charge >= 0.3 is 5.97 Å². The molecule has 0 bridgehead atoms. The van der Waals surface area contributed by atoms with Crippen LogP contribution in [0.4, 0.5) is 5.69 Å². The highest BCUT2D eigenvalue weighted by atomic mass is 16.5. The Kier molecular flexibility index (Phi) is 7.98. The summed E-state index contributed by atoms with van der Waals surface area (Å²) in [7, 11) is 1.60. The summed E-state index contributed by atoms with van der Waals surface area (Å²) in [5, 5.41) is 5.46. The molecule has 0 saturated heterocycles. The van der Waals surface area contributed by atoms with Crippen LogP contribution >= 0.6 is 0 Å². The topological polar surface area (TPSA) is 93.7 Å². The Labute approximate surface area is 176 Å². The Morgan fingerprint density at radius 2 is 1.60 bits per heavy atom. The molecule has 0 heterocycles. The molecule has 0 aliphatic rings. The first-order chi connectivity index (χ1) is 14.2. The number of aryl methyl sites for hydroxylation is 1. The molecule has 2 rings (SSSR count). The zero-order valence-corrected chi connectivity index (χ0v) is 17.8. The lowest BCUT2D eigenvalue weighted by Crippen LogP contribution is -2.42. The molecule has 160 valence electrons. The Morgan fingerprint density at radius 1 is 0.933 bits per heavy atom. The van der Waals surface area contributed by atoms with E-state index in [-0.39, 0.29) is 17.9 Å². The monoisotopic (exact) mass is 412 g/mol. The van der Waals surface area contributed by atoms with E-state index in [1.165, 1.54) is 0 Å². The van der Waals surface area contributed by atoms with Crippen LogP contribution in [0.25, 0.3) is 0 Å². The van der Waals surface area contributed by atoms with Crippen molar-refractivity contribution in [2.24, 2.45) is 0 Å². The number of benzene rings is 2. The third kappa shape index (κ3) is 7.58. The van der Waals surface area contributed by atoms with Crippen molar-refractivity contribution < 1.29 is 23.9 Å². The van der Waals surface area contributed by atoms with Crippen LogP contribution < -0.4 is 15.4 Å². The summed E-state index contributed by atoms with van der Waals surface area (Å²) in [5.41, 5.74) is 1.13. The fraction of sp³-hybridized carbons (Fsp3) is 0.348. The molecule has 0 aliphatic heterocycles. The van der Waals surface area contributed by atoms with E-state index in [0.29, 0.717) is 12.1 Å². The number of hydrogen-bond acceptors (Lipinski definition) is 5. The zero-order valence-electron chi connectivity index (χ0n) is 17.8. The van der Waals surface area contributed by atoms with Gasteiger partial charge in [-0.2, -0.15) is 0 Å². The average Bonchev–Trinajstić information content (AvgIpc) is 2.70. The molecular formula is C23H28N2O5. The normalized spacial score (nSPS) is 10.8. The fourth-order valence-corrected chi connectivity index (χ4v) is 2.70. The van der Waals surface area contributed by atoms with Crippen molar-refractivity contribution in [2.45, 2.75) is 39.2 Å². The molecule has 0 fully saturated rings. The highest BCUT2D eigenvalue weighted by Gasteiger charge is 2.18. The number of rotatable bonds is 8. The van der Waals surface area contributed by atoms with Crippen molar-refractivity contribution in [3.8, 4) is 5.75 Å². The molecule has 0 spiro atoms. The molecule has 0 saturated carbocycles. The van der Waals surface area contributed by atoms with Gasteiger partial charge in [0.25, 0.3) is 5.91 Å². The minimum absolute atomic E-state index is 0.193. The third-order valence-electron chi connectivity index (χ3n) is 4.07. The van der Waals surface area contributed by atoms with E-state index in [1.54, 1.807) is 31.4 Å². The van der Waals surface area contributed by atoms with E-state index in [9.17, 15) is 14.4 Å². The van der Waals surface area contributed by atoms with Crippen LogP contribution in [0, 0.1) is 0 Å². The summed E-state index contributed by atoms with van der Waals surface area (Å²) >= 11 is 0. The van der Waals surface area contributed by atoms with E-state index < -0.39 is 24.0 Å². The average molecular weight is 412 g/mol. The molecule has 2 aromatic carbocycles. The van der Waals surface area contributed by atoms with Gasteiger partial charge in [-0.15, -0.1) is 0 Å². The van der Waals surface area contributed by atoms with Crippen molar-refractivity contribution in [1.29, 1.82) is 0 Å². The molecule has 0 aliphatic carbocycles. The number of carbonyl (C=O) groups is 3. The predicted molar refractivity (Wildman–Crippen MR) is 115 cm³/mol. The molecule has 2 aromatic rings. The standard InChI is InChI=1S/C23H28N2O5/c1-23(2,3)25-21(27)15-30-22(28)18-7-5-6-8-19(18)24-20(26)14-11-16-9-12-17(29-4)13-10-16/h5-10,12-13H,11,14-15H2,1-4H3,(H,24,26)(H,25,27). The van der Waals surface area contributed by atoms with Crippen molar-refractivity contribution in [3.05, 3.63) is 59.7 Å². The molecule has 0 radical (unpaired) electrons. The molecule has 2 amide bonds. The maximum absolute atomic E-state index is 12.4. The van der Waals surface area contributed by atoms with Crippen molar-refractivity contribution in [1.82, 2.24) is 5.32 Å². The van der Waals surface area contributed by atoms with E-state index in [1.807, 2.05) is 45.0 Å². The predicted octanol–water partition coefficient (Wildman–Crippen LogP) is 3.34. The van der Waals surface area contributed by atoms with E-state index in [2.05, 4.69) is 10.6 Å². The van der Waals surface area contributed by atoms with Crippen LogP contribution in [0.3, 0.4) is 0 Å². The quantitative estimate of drug-likeness (QED) is 0.649. The minimum atomic E-state index is -0.676. The van der Waals surface area contributed by atoms with Gasteiger partial charge < -0.3 is 20.1 Å². The number of esters is 1. The van der Waals surface area contributed by atoms with Gasteiger partial charge in [-0.1, -0.05) is 24.3 Å². The number of carbonyl (C=O) groups excluding carboxylic acids is 3. The molecule has 0 unspecified atom stereocenters. The number of nitrogens with one attached hydrogen (secondary N) is 2. The lowest BCUT2D eigenvalue weighted by Gasteiger charge is -2.20. The number of methoxy groups -OCH3 is 1. The third-order valence-corrected chi connectivity index (χ3v) is 4.07. The second-order valence-corrected chi connectivity index (χ2v) is 7.82. The van der Waals surface area contributed by atoms with Gasteiger partial charge in [0.2, 0.25) is 5.91 Å². The van der Waals surface area contributed by atoms with Gasteiger partial charge in [-0.25, -0.2) is 4.79 Å². The summed E-state index contributed by atoms with van der Waals surface area (Å²) in [4.78, 5) is 36.6. The number of amides is 2. The maximum Gasteiger partial charge on any atom is 0.340 e. The first kappa shape index (κ1) is 22.9. The van der Waals surface area contributed by atoms with Crippen LogP contribution in [-0.4, -0.2) is 37.0 Å². The Morgan fingerprint density at radius 3 is 2.23 bits per heavy atom. The first-order valence-electron chi connectivity index (χ1n) is 9.68.